The zero-order valence-electron chi connectivity index (χ0n) is 16.2. The van der Waals surface area contributed by atoms with Crippen LogP contribution in [0.15, 0.2) is 29.3 Å². The van der Waals surface area contributed by atoms with Crippen molar-refractivity contribution in [3.8, 4) is 0 Å². The van der Waals surface area contributed by atoms with Gasteiger partial charge in [0.15, 0.2) is 5.96 Å². The number of ether oxygens (including phenoxy) is 1. The molecule has 1 aromatic carbocycles. The Kier molecular flexibility index (Phi) is 9.35. The summed E-state index contributed by atoms with van der Waals surface area (Å²) < 4.78 is 5.41. The van der Waals surface area contributed by atoms with Crippen molar-refractivity contribution in [2.24, 2.45) is 4.99 Å². The summed E-state index contributed by atoms with van der Waals surface area (Å²) in [5.74, 6) is 0.999. The normalized spacial score (nSPS) is 15.0. The Morgan fingerprint density at radius 2 is 2.04 bits per heavy atom. The molecule has 0 aliphatic carbocycles. The number of guanidine groups is 1. The first kappa shape index (κ1) is 22.7. The molecule has 1 aliphatic rings. The molecule has 0 aromatic heterocycles. The smallest absolute Gasteiger partial charge is 0.222 e. The van der Waals surface area contributed by atoms with Gasteiger partial charge in [-0.05, 0) is 31.4 Å². The molecule has 0 unspecified atom stereocenters. The topological polar surface area (TPSA) is 66.0 Å². The molecule has 1 amide bonds. The summed E-state index contributed by atoms with van der Waals surface area (Å²) in [5, 5.41) is 6.59. The summed E-state index contributed by atoms with van der Waals surface area (Å²) in [6.07, 6.45) is 1.65. The number of hydrogen-bond donors (Lipinski definition) is 2. The summed E-state index contributed by atoms with van der Waals surface area (Å²) >= 11 is 0. The van der Waals surface area contributed by atoms with Gasteiger partial charge in [-0.2, -0.15) is 0 Å². The van der Waals surface area contributed by atoms with Crippen LogP contribution in [0, 0.1) is 0 Å². The van der Waals surface area contributed by atoms with Gasteiger partial charge in [-0.1, -0.05) is 24.3 Å². The van der Waals surface area contributed by atoms with Crippen molar-refractivity contribution < 1.29 is 9.53 Å². The quantitative estimate of drug-likeness (QED) is 0.362. The number of aliphatic imine (C=N–C) groups is 1. The van der Waals surface area contributed by atoms with E-state index in [0.29, 0.717) is 26.1 Å². The van der Waals surface area contributed by atoms with Crippen molar-refractivity contribution in [2.45, 2.75) is 45.4 Å². The van der Waals surface area contributed by atoms with E-state index in [4.69, 9.17) is 4.74 Å². The van der Waals surface area contributed by atoms with E-state index < -0.39 is 0 Å². The van der Waals surface area contributed by atoms with Crippen molar-refractivity contribution in [3.63, 3.8) is 0 Å². The average Bonchev–Trinajstić information content (AvgIpc) is 3.00. The van der Waals surface area contributed by atoms with E-state index in [-0.39, 0.29) is 35.5 Å². The Balaban J connectivity index is 0.00000338. The van der Waals surface area contributed by atoms with Crippen LogP contribution < -0.4 is 10.6 Å². The minimum atomic E-state index is -0.250. The molecule has 1 heterocycles. The Morgan fingerprint density at radius 3 is 2.65 bits per heavy atom. The molecular formula is C19H31IN4O2. The Hall–Kier alpha value is -1.35. The number of rotatable bonds is 7. The van der Waals surface area contributed by atoms with E-state index in [1.54, 1.807) is 14.2 Å². The first-order valence-corrected chi connectivity index (χ1v) is 8.79. The number of nitrogens with one attached hydrogen (secondary N) is 2. The van der Waals surface area contributed by atoms with Gasteiger partial charge in [-0.25, -0.2) is 0 Å². The van der Waals surface area contributed by atoms with E-state index in [1.165, 1.54) is 0 Å². The van der Waals surface area contributed by atoms with Crippen LogP contribution in [-0.4, -0.2) is 49.6 Å². The molecule has 0 atom stereocenters. The third-order valence-corrected chi connectivity index (χ3v) is 4.45. The number of carbonyl (C=O) groups is 1. The highest BCUT2D eigenvalue weighted by Gasteiger charge is 2.20. The summed E-state index contributed by atoms with van der Waals surface area (Å²) in [6, 6.07) is 8.33. The van der Waals surface area contributed by atoms with E-state index in [1.807, 2.05) is 24.8 Å². The molecule has 0 spiro atoms. The van der Waals surface area contributed by atoms with Crippen molar-refractivity contribution in [2.75, 3.05) is 27.2 Å². The average molecular weight is 474 g/mol. The minimum Gasteiger partial charge on any atom is -0.377 e. The highest BCUT2D eigenvalue weighted by atomic mass is 127. The number of likely N-dealkylation sites (tertiary alicyclic amines) is 1. The van der Waals surface area contributed by atoms with E-state index in [9.17, 15) is 4.79 Å². The molecule has 7 heteroatoms. The summed E-state index contributed by atoms with van der Waals surface area (Å²) in [5.41, 5.74) is 2.08. The lowest BCUT2D eigenvalue weighted by Crippen LogP contribution is -2.45. The van der Waals surface area contributed by atoms with Gasteiger partial charge < -0.3 is 20.3 Å². The number of hydrogen-bond acceptors (Lipinski definition) is 3. The van der Waals surface area contributed by atoms with Crippen LogP contribution in [-0.2, 0) is 22.6 Å². The SMILES string of the molecule is CN=C(NCc1cccc(CN2CCCC2=O)c1)NCC(C)(C)OC.I. The molecule has 1 saturated heterocycles. The fourth-order valence-electron chi connectivity index (χ4n) is 2.70. The molecule has 1 aliphatic heterocycles. The van der Waals surface area contributed by atoms with Crippen LogP contribution in [0.1, 0.15) is 37.8 Å². The van der Waals surface area contributed by atoms with Crippen molar-refractivity contribution >= 4 is 35.8 Å². The van der Waals surface area contributed by atoms with Gasteiger partial charge in [0.05, 0.1) is 5.60 Å². The molecular weight excluding hydrogens is 443 g/mol. The van der Waals surface area contributed by atoms with Crippen molar-refractivity contribution in [1.29, 1.82) is 0 Å². The highest BCUT2D eigenvalue weighted by molar-refractivity contribution is 14.0. The number of amides is 1. The predicted molar refractivity (Wildman–Crippen MR) is 116 cm³/mol. The fourth-order valence-corrected chi connectivity index (χ4v) is 2.70. The molecule has 26 heavy (non-hydrogen) atoms. The zero-order valence-corrected chi connectivity index (χ0v) is 18.5. The van der Waals surface area contributed by atoms with Gasteiger partial charge in [-0.15, -0.1) is 24.0 Å². The van der Waals surface area contributed by atoms with Crippen LogP contribution in [0.4, 0.5) is 0 Å². The number of methoxy groups -OCH3 is 1. The summed E-state index contributed by atoms with van der Waals surface area (Å²) in [7, 11) is 3.46. The second kappa shape index (κ2) is 10.7. The van der Waals surface area contributed by atoms with Gasteiger partial charge in [0.1, 0.15) is 0 Å². The predicted octanol–water partition coefficient (Wildman–Crippen LogP) is 2.52. The summed E-state index contributed by atoms with van der Waals surface area (Å²) in [6.45, 7) is 6.96. The maximum atomic E-state index is 11.8. The fraction of sp³-hybridized carbons (Fsp3) is 0.579. The molecule has 1 aromatic rings. The monoisotopic (exact) mass is 474 g/mol. The largest absolute Gasteiger partial charge is 0.377 e. The molecule has 146 valence electrons. The molecule has 1 fully saturated rings. The lowest BCUT2D eigenvalue weighted by Gasteiger charge is -2.24. The molecule has 0 saturated carbocycles. The van der Waals surface area contributed by atoms with Crippen LogP contribution in [0.2, 0.25) is 0 Å². The van der Waals surface area contributed by atoms with Crippen LogP contribution in [0.3, 0.4) is 0 Å². The van der Waals surface area contributed by atoms with Crippen molar-refractivity contribution in [3.05, 3.63) is 35.4 Å². The van der Waals surface area contributed by atoms with Gasteiger partial charge in [0, 0.05) is 46.8 Å². The molecule has 0 bridgehead atoms. The molecule has 0 radical (unpaired) electrons. The maximum absolute atomic E-state index is 11.8. The van der Waals surface area contributed by atoms with E-state index in [2.05, 4.69) is 33.8 Å². The Morgan fingerprint density at radius 1 is 1.31 bits per heavy atom. The first-order chi connectivity index (χ1) is 11.9. The van der Waals surface area contributed by atoms with Crippen molar-refractivity contribution in [1.82, 2.24) is 15.5 Å². The molecule has 2 rings (SSSR count). The first-order valence-electron chi connectivity index (χ1n) is 8.79. The lowest BCUT2D eigenvalue weighted by molar-refractivity contribution is -0.128. The van der Waals surface area contributed by atoms with Gasteiger partial charge in [0.2, 0.25) is 5.91 Å². The Labute approximate surface area is 173 Å². The van der Waals surface area contributed by atoms with E-state index in [0.717, 1.165) is 30.1 Å². The lowest BCUT2D eigenvalue weighted by atomic mass is 10.1. The van der Waals surface area contributed by atoms with E-state index >= 15 is 0 Å². The number of nitrogens with zero attached hydrogens (tertiary/aromatic N) is 2. The number of halogens is 1. The van der Waals surface area contributed by atoms with Gasteiger partial charge >= 0.3 is 0 Å². The standard InChI is InChI=1S/C19H30N4O2.HI/c1-19(2,25-4)14-22-18(20-3)21-12-15-7-5-8-16(11-15)13-23-10-6-9-17(23)24;/h5,7-8,11H,6,9-10,12-14H2,1-4H3,(H2,20,21,22);1H. The van der Waals surface area contributed by atoms with Crippen LogP contribution in [0.5, 0.6) is 0 Å². The third kappa shape index (κ3) is 7.11. The Bertz CT molecular complexity index is 619. The third-order valence-electron chi connectivity index (χ3n) is 4.45. The molecule has 2 N–H and O–H groups in total. The minimum absolute atomic E-state index is 0. The van der Waals surface area contributed by atoms with Gasteiger partial charge in [0.25, 0.3) is 0 Å². The number of benzene rings is 1. The second-order valence-electron chi connectivity index (χ2n) is 6.98. The summed E-state index contributed by atoms with van der Waals surface area (Å²) in [4.78, 5) is 17.9. The van der Waals surface area contributed by atoms with Crippen LogP contribution >= 0.6 is 24.0 Å². The highest BCUT2D eigenvalue weighted by Crippen LogP contribution is 2.15. The van der Waals surface area contributed by atoms with Gasteiger partial charge in [-0.3, -0.25) is 9.79 Å². The van der Waals surface area contributed by atoms with Crippen LogP contribution in [0.25, 0.3) is 0 Å². The second-order valence-corrected chi connectivity index (χ2v) is 6.98. The molecule has 6 nitrogen and oxygen atoms in total. The maximum Gasteiger partial charge on any atom is 0.222 e. The zero-order chi connectivity index (χ0) is 18.3. The number of carbonyl (C=O) groups excluding carboxylic acids is 1.